The van der Waals surface area contributed by atoms with Crippen LogP contribution in [-0.2, 0) is 0 Å². The van der Waals surface area contributed by atoms with Gasteiger partial charge in [0.2, 0.25) is 0 Å². The summed E-state index contributed by atoms with van der Waals surface area (Å²) in [6.07, 6.45) is 0. The van der Waals surface area contributed by atoms with Crippen molar-refractivity contribution in [2.45, 2.75) is 0 Å². The molecule has 0 radical (unpaired) electrons. The van der Waals surface area contributed by atoms with Gasteiger partial charge in [-0.15, -0.1) is 9.78 Å². The number of nitro benzene ring substituents is 1. The van der Waals surface area contributed by atoms with Gasteiger partial charge in [-0.3, -0.25) is 10.1 Å². The van der Waals surface area contributed by atoms with E-state index >= 15 is 0 Å². The Morgan fingerprint density at radius 1 is 0.889 bits per heavy atom. The molecule has 0 aliphatic carbocycles. The van der Waals surface area contributed by atoms with E-state index in [1.54, 1.807) is 12.1 Å². The molecular formula is C20H15N4O2S+. The molecule has 0 fully saturated rings. The Balaban J connectivity index is 2.00. The number of benzene rings is 3. The molecule has 4 aromatic rings. The van der Waals surface area contributed by atoms with Crippen molar-refractivity contribution >= 4 is 17.9 Å². The maximum atomic E-state index is 11.0. The summed E-state index contributed by atoms with van der Waals surface area (Å²) in [5, 5.41) is 14.2. The van der Waals surface area contributed by atoms with Gasteiger partial charge in [-0.25, -0.2) is 0 Å². The van der Waals surface area contributed by atoms with Crippen LogP contribution < -0.4 is 4.57 Å². The second-order valence-electron chi connectivity index (χ2n) is 5.89. The lowest BCUT2D eigenvalue weighted by molar-refractivity contribution is -0.591. The van der Waals surface area contributed by atoms with Gasteiger partial charge in [-0.1, -0.05) is 36.4 Å². The monoisotopic (exact) mass is 375 g/mol. The highest BCUT2D eigenvalue weighted by atomic mass is 32.1. The number of para-hydroxylation sites is 2. The third kappa shape index (κ3) is 3.16. The standard InChI is InChI=1S/C20H14N4O2S/c25-24(26)18-13-11-15(12-14-18)19-22(16-7-3-1-4-8-16)20(27)21-23(19)17-9-5-2-6-10-17/h1-14H/p+1. The second kappa shape index (κ2) is 6.97. The van der Waals surface area contributed by atoms with Crippen LogP contribution in [0, 0.1) is 14.9 Å². The molecule has 0 amide bonds. The lowest BCUT2D eigenvalue weighted by Crippen LogP contribution is -2.33. The highest BCUT2D eigenvalue weighted by Crippen LogP contribution is 2.23. The molecule has 4 rings (SSSR count). The smallest absolute Gasteiger partial charge is 0.258 e. The molecule has 0 aliphatic heterocycles. The molecule has 0 atom stereocenters. The minimum Gasteiger partial charge on any atom is -0.258 e. The third-order valence-corrected chi connectivity index (χ3v) is 4.47. The molecule has 0 saturated carbocycles. The summed E-state index contributed by atoms with van der Waals surface area (Å²) in [6.45, 7) is 0. The number of hydrogen-bond donors (Lipinski definition) is 1. The highest BCUT2D eigenvalue weighted by Gasteiger charge is 2.24. The summed E-state index contributed by atoms with van der Waals surface area (Å²) >= 11 is 5.59. The molecule has 6 nitrogen and oxygen atoms in total. The maximum absolute atomic E-state index is 11.0. The zero-order chi connectivity index (χ0) is 18.8. The van der Waals surface area contributed by atoms with Crippen molar-refractivity contribution < 1.29 is 9.49 Å². The first kappa shape index (κ1) is 16.9. The number of hydrogen-bond acceptors (Lipinski definition) is 3. The Morgan fingerprint density at radius 3 is 2.07 bits per heavy atom. The van der Waals surface area contributed by atoms with Gasteiger partial charge >= 0.3 is 4.77 Å². The minimum atomic E-state index is -0.407. The molecule has 1 heterocycles. The Bertz CT molecular complexity index is 1150. The van der Waals surface area contributed by atoms with Crippen LogP contribution in [0.25, 0.3) is 22.8 Å². The van der Waals surface area contributed by atoms with Gasteiger partial charge in [0.05, 0.1) is 10.5 Å². The summed E-state index contributed by atoms with van der Waals surface area (Å²) in [4.78, 5) is 10.6. The maximum Gasteiger partial charge on any atom is 0.329 e. The van der Waals surface area contributed by atoms with Crippen LogP contribution in [0.4, 0.5) is 5.69 Å². The fourth-order valence-corrected chi connectivity index (χ4v) is 3.25. The number of nitrogens with zero attached hydrogens (tertiary/aromatic N) is 3. The molecule has 7 heteroatoms. The Hall–Kier alpha value is -3.58. The summed E-state index contributed by atoms with van der Waals surface area (Å²) in [7, 11) is 0. The lowest BCUT2D eigenvalue weighted by atomic mass is 10.1. The second-order valence-corrected chi connectivity index (χ2v) is 6.27. The van der Waals surface area contributed by atoms with Crippen molar-refractivity contribution in [2.24, 2.45) is 0 Å². The average Bonchev–Trinajstić information content (AvgIpc) is 3.06. The fourth-order valence-electron chi connectivity index (χ4n) is 2.97. The summed E-state index contributed by atoms with van der Waals surface area (Å²) in [5.74, 6) is 0.785. The van der Waals surface area contributed by atoms with Crippen LogP contribution >= 0.6 is 12.2 Å². The van der Waals surface area contributed by atoms with Crippen LogP contribution in [0.3, 0.4) is 0 Å². The molecule has 0 saturated heterocycles. The quantitative estimate of drug-likeness (QED) is 0.249. The molecule has 1 N–H and O–H groups in total. The van der Waals surface area contributed by atoms with Crippen LogP contribution in [0.2, 0.25) is 0 Å². The first-order valence-corrected chi connectivity index (χ1v) is 8.69. The number of rotatable bonds is 4. The Labute approximate surface area is 160 Å². The zero-order valence-corrected chi connectivity index (χ0v) is 15.0. The molecule has 132 valence electrons. The highest BCUT2D eigenvalue weighted by molar-refractivity contribution is 7.71. The third-order valence-electron chi connectivity index (χ3n) is 4.20. The number of H-pyrrole nitrogens is 1. The molecule has 0 aliphatic rings. The van der Waals surface area contributed by atoms with Crippen LogP contribution in [0.15, 0.2) is 84.9 Å². The predicted octanol–water partition coefficient (Wildman–Crippen LogP) is 4.39. The van der Waals surface area contributed by atoms with Gasteiger partial charge in [0.1, 0.15) is 11.4 Å². The van der Waals surface area contributed by atoms with Crippen LogP contribution in [0.5, 0.6) is 0 Å². The molecule has 3 aromatic carbocycles. The van der Waals surface area contributed by atoms with Crippen molar-refractivity contribution in [2.75, 3.05) is 0 Å². The SMILES string of the molecule is O=[N+]([O-])c1ccc(-c2n(-c3ccccc3)[nH]c(=S)[n+]2-c2ccccc2)cc1. The number of non-ortho nitro benzene ring substituents is 1. The van der Waals surface area contributed by atoms with E-state index in [1.165, 1.54) is 12.1 Å². The Morgan fingerprint density at radius 2 is 1.48 bits per heavy atom. The minimum absolute atomic E-state index is 0.0467. The van der Waals surface area contributed by atoms with Gasteiger partial charge in [-0.2, -0.15) is 4.57 Å². The van der Waals surface area contributed by atoms with E-state index in [2.05, 4.69) is 5.10 Å². The van der Waals surface area contributed by atoms with Crippen molar-refractivity contribution in [3.05, 3.63) is 99.8 Å². The number of nitro groups is 1. The molecule has 0 unspecified atom stereocenters. The zero-order valence-electron chi connectivity index (χ0n) is 14.1. The van der Waals surface area contributed by atoms with E-state index < -0.39 is 4.92 Å². The molecule has 0 bridgehead atoms. The van der Waals surface area contributed by atoms with Crippen LogP contribution in [-0.4, -0.2) is 14.7 Å². The fraction of sp³-hybridized carbons (Fsp3) is 0. The molecule has 0 spiro atoms. The van der Waals surface area contributed by atoms with E-state index in [1.807, 2.05) is 69.9 Å². The van der Waals surface area contributed by atoms with Gasteiger partial charge in [0, 0.05) is 12.1 Å². The van der Waals surface area contributed by atoms with Crippen molar-refractivity contribution in [3.8, 4) is 22.8 Å². The summed E-state index contributed by atoms with van der Waals surface area (Å²) in [5.41, 5.74) is 2.67. The van der Waals surface area contributed by atoms with Crippen molar-refractivity contribution in [3.63, 3.8) is 0 Å². The van der Waals surface area contributed by atoms with E-state index in [-0.39, 0.29) is 5.69 Å². The van der Waals surface area contributed by atoms with Gasteiger partial charge in [0.15, 0.2) is 0 Å². The van der Waals surface area contributed by atoms with Crippen LogP contribution in [0.1, 0.15) is 0 Å². The summed E-state index contributed by atoms with van der Waals surface area (Å²) < 4.78 is 4.33. The first-order chi connectivity index (χ1) is 13.1. The number of aromatic amines is 1. The van der Waals surface area contributed by atoms with E-state index in [0.29, 0.717) is 4.77 Å². The van der Waals surface area contributed by atoms with Crippen molar-refractivity contribution in [1.82, 2.24) is 9.78 Å². The van der Waals surface area contributed by atoms with Gasteiger partial charge < -0.3 is 0 Å². The molecular weight excluding hydrogens is 360 g/mol. The Kier molecular flexibility index (Phi) is 4.35. The largest absolute Gasteiger partial charge is 0.329 e. The normalized spacial score (nSPS) is 10.7. The van der Waals surface area contributed by atoms with E-state index in [9.17, 15) is 10.1 Å². The molecule has 1 aromatic heterocycles. The molecule has 27 heavy (non-hydrogen) atoms. The topological polar surface area (TPSA) is 67.7 Å². The first-order valence-electron chi connectivity index (χ1n) is 8.28. The van der Waals surface area contributed by atoms with Gasteiger partial charge in [0.25, 0.3) is 11.5 Å². The lowest BCUT2D eigenvalue weighted by Gasteiger charge is -2.05. The van der Waals surface area contributed by atoms with Crippen molar-refractivity contribution in [1.29, 1.82) is 0 Å². The van der Waals surface area contributed by atoms with Gasteiger partial charge in [-0.05, 0) is 48.6 Å². The average molecular weight is 375 g/mol. The number of nitrogens with one attached hydrogen (secondary N) is 1. The predicted molar refractivity (Wildman–Crippen MR) is 105 cm³/mol. The summed E-state index contributed by atoms with van der Waals surface area (Å²) in [6, 6.07) is 26.0. The number of aromatic nitrogens is 3. The van der Waals surface area contributed by atoms with E-state index in [0.717, 1.165) is 22.8 Å². The van der Waals surface area contributed by atoms with E-state index in [4.69, 9.17) is 12.2 Å².